The van der Waals surface area contributed by atoms with E-state index in [0.29, 0.717) is 39.1 Å². The van der Waals surface area contributed by atoms with Crippen molar-refractivity contribution in [1.82, 2.24) is 9.62 Å². The average Bonchev–Trinajstić information content (AvgIpc) is 3.31. The van der Waals surface area contributed by atoms with Crippen LogP contribution in [0.3, 0.4) is 0 Å². The van der Waals surface area contributed by atoms with Crippen molar-refractivity contribution in [2.45, 2.75) is 38.1 Å². The Hall–Kier alpha value is -3.11. The molecule has 1 fully saturated rings. The van der Waals surface area contributed by atoms with E-state index in [1.807, 2.05) is 38.1 Å². The maximum atomic E-state index is 13.4. The van der Waals surface area contributed by atoms with Crippen molar-refractivity contribution in [2.24, 2.45) is 5.92 Å². The van der Waals surface area contributed by atoms with Crippen molar-refractivity contribution in [2.75, 3.05) is 49.6 Å². The lowest BCUT2D eigenvalue weighted by Gasteiger charge is -2.38. The van der Waals surface area contributed by atoms with Gasteiger partial charge >= 0.3 is 0 Å². The van der Waals surface area contributed by atoms with Gasteiger partial charge in [-0.15, -0.1) is 0 Å². The topological polar surface area (TPSA) is 99.3 Å². The number of fused-ring (bicyclic) bond motifs is 1. The Morgan fingerprint density at radius 3 is 2.36 bits per heavy atom. The van der Waals surface area contributed by atoms with Crippen LogP contribution in [0, 0.1) is 5.92 Å². The molecule has 0 radical (unpaired) electrons. The molecule has 1 atom stereocenters. The van der Waals surface area contributed by atoms with Crippen LogP contribution in [0.25, 0.3) is 0 Å². The zero-order chi connectivity index (χ0) is 26.0. The van der Waals surface area contributed by atoms with Gasteiger partial charge in [-0.3, -0.25) is 9.59 Å². The van der Waals surface area contributed by atoms with E-state index in [1.165, 1.54) is 13.0 Å². The van der Waals surface area contributed by atoms with E-state index in [4.69, 9.17) is 4.74 Å². The number of hydrogen-bond donors (Lipinski definition) is 1. The lowest BCUT2D eigenvalue weighted by molar-refractivity contribution is -0.134. The number of ether oxygens (including phenoxy) is 1. The molecule has 0 unspecified atom stereocenters. The number of benzene rings is 2. The van der Waals surface area contributed by atoms with E-state index in [0.717, 1.165) is 22.7 Å². The van der Waals surface area contributed by atoms with Gasteiger partial charge in [0.2, 0.25) is 21.8 Å². The van der Waals surface area contributed by atoms with Gasteiger partial charge in [0.1, 0.15) is 11.8 Å². The van der Waals surface area contributed by atoms with Crippen molar-refractivity contribution in [3.8, 4) is 5.75 Å². The van der Waals surface area contributed by atoms with Gasteiger partial charge in [0.25, 0.3) is 0 Å². The second-order valence-corrected chi connectivity index (χ2v) is 11.3. The van der Waals surface area contributed by atoms with E-state index in [1.54, 1.807) is 29.0 Å². The highest BCUT2D eigenvalue weighted by atomic mass is 32.2. The molecule has 0 spiro atoms. The Kier molecular flexibility index (Phi) is 7.56. The van der Waals surface area contributed by atoms with Crippen LogP contribution < -0.4 is 19.3 Å². The predicted octanol–water partition coefficient (Wildman–Crippen LogP) is 2.26. The summed E-state index contributed by atoms with van der Waals surface area (Å²) in [5, 5.41) is 0. The number of anilines is 2. The first-order valence-corrected chi connectivity index (χ1v) is 13.7. The Morgan fingerprint density at radius 1 is 1.00 bits per heavy atom. The number of carbonyl (C=O) groups is 2. The SMILES string of the molecule is COc1cccc(N2CCN(C(=O)[C@H](NS(=O)(=O)c3ccc4c(c3)CCN4C(C)=O)C(C)C)CC2)c1. The summed E-state index contributed by atoms with van der Waals surface area (Å²) in [6.45, 7) is 8.01. The second kappa shape index (κ2) is 10.5. The predicted molar refractivity (Wildman–Crippen MR) is 139 cm³/mol. The molecule has 2 amide bonds. The van der Waals surface area contributed by atoms with Crippen molar-refractivity contribution < 1.29 is 22.7 Å². The summed E-state index contributed by atoms with van der Waals surface area (Å²) in [4.78, 5) is 30.9. The van der Waals surface area contributed by atoms with E-state index in [2.05, 4.69) is 9.62 Å². The lowest BCUT2D eigenvalue weighted by Crippen LogP contribution is -2.56. The van der Waals surface area contributed by atoms with E-state index in [9.17, 15) is 18.0 Å². The summed E-state index contributed by atoms with van der Waals surface area (Å²) in [5.74, 6) is 0.259. The van der Waals surface area contributed by atoms with Crippen LogP contribution in [0.2, 0.25) is 0 Å². The first-order valence-electron chi connectivity index (χ1n) is 12.2. The molecule has 1 saturated heterocycles. The average molecular weight is 515 g/mol. The summed E-state index contributed by atoms with van der Waals surface area (Å²) in [7, 11) is -2.30. The molecule has 10 heteroatoms. The standard InChI is InChI=1S/C26H34N4O5S/c1-18(2)25(26(32)29-14-12-28(13-15-29)21-6-5-7-22(17-21)35-4)27-36(33,34)23-8-9-24-20(16-23)10-11-30(24)19(3)31/h5-9,16-18,25,27H,10-15H2,1-4H3/t25-/m1/s1. The summed E-state index contributed by atoms with van der Waals surface area (Å²) in [6, 6.07) is 11.7. The van der Waals surface area contributed by atoms with Crippen molar-refractivity contribution >= 4 is 33.2 Å². The smallest absolute Gasteiger partial charge is 0.241 e. The fourth-order valence-electron chi connectivity index (χ4n) is 4.77. The molecule has 194 valence electrons. The zero-order valence-corrected chi connectivity index (χ0v) is 22.0. The van der Waals surface area contributed by atoms with Crippen LogP contribution in [0.1, 0.15) is 26.3 Å². The van der Waals surface area contributed by atoms with Crippen LogP contribution >= 0.6 is 0 Å². The molecule has 2 heterocycles. The summed E-state index contributed by atoms with van der Waals surface area (Å²) in [6.07, 6.45) is 0.600. The summed E-state index contributed by atoms with van der Waals surface area (Å²) >= 11 is 0. The minimum absolute atomic E-state index is 0.0700. The number of hydrogen-bond acceptors (Lipinski definition) is 6. The van der Waals surface area contributed by atoms with Crippen LogP contribution in [0.4, 0.5) is 11.4 Å². The summed E-state index contributed by atoms with van der Waals surface area (Å²) < 4.78 is 34.5. The number of rotatable bonds is 7. The molecular formula is C26H34N4O5S. The van der Waals surface area contributed by atoms with Gasteiger partial charge in [0.05, 0.1) is 12.0 Å². The molecule has 2 aliphatic rings. The molecule has 0 bridgehead atoms. The first-order chi connectivity index (χ1) is 17.1. The quantitative estimate of drug-likeness (QED) is 0.609. The fraction of sp³-hybridized carbons (Fsp3) is 0.462. The van der Waals surface area contributed by atoms with Crippen molar-refractivity contribution in [3.05, 3.63) is 48.0 Å². The van der Waals surface area contributed by atoms with Gasteiger partial charge in [0, 0.05) is 57.1 Å². The largest absolute Gasteiger partial charge is 0.497 e. The second-order valence-electron chi connectivity index (χ2n) is 9.57. The molecule has 0 saturated carbocycles. The Morgan fingerprint density at radius 2 is 1.72 bits per heavy atom. The van der Waals surface area contributed by atoms with E-state index < -0.39 is 16.1 Å². The number of nitrogens with one attached hydrogen (secondary N) is 1. The van der Waals surface area contributed by atoms with Gasteiger partial charge in [-0.05, 0) is 48.2 Å². The van der Waals surface area contributed by atoms with Crippen LogP contribution in [0.15, 0.2) is 47.4 Å². The zero-order valence-electron chi connectivity index (χ0n) is 21.2. The highest BCUT2D eigenvalue weighted by Gasteiger charge is 2.34. The Balaban J connectivity index is 1.44. The highest BCUT2D eigenvalue weighted by molar-refractivity contribution is 7.89. The molecule has 1 N–H and O–H groups in total. The van der Waals surface area contributed by atoms with Gasteiger partial charge in [0.15, 0.2) is 0 Å². The monoisotopic (exact) mass is 514 g/mol. The number of nitrogens with zero attached hydrogens (tertiary/aromatic N) is 3. The molecule has 2 aromatic rings. The number of sulfonamides is 1. The maximum Gasteiger partial charge on any atom is 0.241 e. The van der Waals surface area contributed by atoms with Gasteiger partial charge in [-0.25, -0.2) is 8.42 Å². The first kappa shape index (κ1) is 26.0. The molecule has 4 rings (SSSR count). The molecular weight excluding hydrogens is 480 g/mol. The third-order valence-electron chi connectivity index (χ3n) is 6.86. The Labute approximate surface area is 213 Å². The summed E-state index contributed by atoms with van der Waals surface area (Å²) in [5.41, 5.74) is 2.59. The number of methoxy groups -OCH3 is 1. The Bertz CT molecular complexity index is 1240. The fourth-order valence-corrected chi connectivity index (χ4v) is 6.16. The minimum atomic E-state index is -3.93. The number of amides is 2. The van der Waals surface area contributed by atoms with Crippen LogP contribution in [-0.2, 0) is 26.0 Å². The third-order valence-corrected chi connectivity index (χ3v) is 8.30. The molecule has 0 aromatic heterocycles. The van der Waals surface area contributed by atoms with Crippen molar-refractivity contribution in [1.29, 1.82) is 0 Å². The van der Waals surface area contributed by atoms with Crippen molar-refractivity contribution in [3.63, 3.8) is 0 Å². The molecule has 0 aliphatic carbocycles. The van der Waals surface area contributed by atoms with E-state index in [-0.39, 0.29) is 22.6 Å². The van der Waals surface area contributed by atoms with Gasteiger partial charge < -0.3 is 19.4 Å². The molecule has 36 heavy (non-hydrogen) atoms. The minimum Gasteiger partial charge on any atom is -0.497 e. The third kappa shape index (κ3) is 5.34. The van der Waals surface area contributed by atoms with Crippen LogP contribution in [-0.4, -0.2) is 71.0 Å². The number of carbonyl (C=O) groups excluding carboxylic acids is 2. The molecule has 2 aromatic carbocycles. The lowest BCUT2D eigenvalue weighted by atomic mass is 10.0. The molecule has 9 nitrogen and oxygen atoms in total. The normalized spacial score (nSPS) is 16.8. The molecule has 2 aliphatic heterocycles. The number of piperazine rings is 1. The van der Waals surface area contributed by atoms with E-state index >= 15 is 0 Å². The highest BCUT2D eigenvalue weighted by Crippen LogP contribution is 2.30. The van der Waals surface area contributed by atoms with Gasteiger partial charge in [-0.2, -0.15) is 4.72 Å². The van der Waals surface area contributed by atoms with Gasteiger partial charge in [-0.1, -0.05) is 19.9 Å². The maximum absolute atomic E-state index is 13.4. The van der Waals surface area contributed by atoms with Crippen LogP contribution in [0.5, 0.6) is 5.75 Å².